The van der Waals surface area contributed by atoms with Gasteiger partial charge in [-0.05, 0) is 30.4 Å². The lowest BCUT2D eigenvalue weighted by atomic mass is 10.0. The standard InChI is InChI=1S/C13H18FNO/c1-12(2)9-13(12,15)6-7-16-11-5-3-4-10(14)8-11/h3-5,8H,6-7,9,15H2,1-2H3. The molecule has 2 rings (SSSR count). The smallest absolute Gasteiger partial charge is 0.126 e. The Bertz CT molecular complexity index is 391. The predicted molar refractivity (Wildman–Crippen MR) is 61.8 cm³/mol. The van der Waals surface area contributed by atoms with Crippen molar-refractivity contribution in [1.82, 2.24) is 0 Å². The van der Waals surface area contributed by atoms with E-state index in [1.54, 1.807) is 12.1 Å². The highest BCUT2D eigenvalue weighted by Gasteiger charge is 2.57. The summed E-state index contributed by atoms with van der Waals surface area (Å²) in [4.78, 5) is 0. The van der Waals surface area contributed by atoms with E-state index < -0.39 is 0 Å². The molecule has 1 unspecified atom stereocenters. The molecule has 0 heterocycles. The van der Waals surface area contributed by atoms with Gasteiger partial charge in [0.1, 0.15) is 11.6 Å². The van der Waals surface area contributed by atoms with Crippen molar-refractivity contribution in [2.75, 3.05) is 6.61 Å². The summed E-state index contributed by atoms with van der Waals surface area (Å²) in [5, 5.41) is 0. The van der Waals surface area contributed by atoms with E-state index in [-0.39, 0.29) is 16.8 Å². The summed E-state index contributed by atoms with van der Waals surface area (Å²) in [6, 6.07) is 6.19. The lowest BCUT2D eigenvalue weighted by molar-refractivity contribution is 0.279. The zero-order valence-electron chi connectivity index (χ0n) is 9.79. The van der Waals surface area contributed by atoms with Crippen molar-refractivity contribution in [3.05, 3.63) is 30.1 Å². The van der Waals surface area contributed by atoms with Gasteiger partial charge in [0.15, 0.2) is 0 Å². The Kier molecular flexibility index (Phi) is 2.66. The van der Waals surface area contributed by atoms with Crippen molar-refractivity contribution in [3.63, 3.8) is 0 Å². The molecule has 0 aliphatic heterocycles. The Hall–Kier alpha value is -1.09. The maximum absolute atomic E-state index is 12.9. The molecule has 1 aliphatic carbocycles. The van der Waals surface area contributed by atoms with E-state index in [4.69, 9.17) is 10.5 Å². The van der Waals surface area contributed by atoms with Crippen LogP contribution in [0.25, 0.3) is 0 Å². The topological polar surface area (TPSA) is 35.2 Å². The number of hydrogen-bond acceptors (Lipinski definition) is 2. The number of halogens is 1. The third-order valence-corrected chi connectivity index (χ3v) is 3.59. The van der Waals surface area contributed by atoms with Crippen molar-refractivity contribution in [3.8, 4) is 5.75 Å². The molecule has 0 aromatic heterocycles. The van der Waals surface area contributed by atoms with E-state index >= 15 is 0 Å². The zero-order chi connectivity index (χ0) is 11.8. The molecule has 2 nitrogen and oxygen atoms in total. The molecule has 0 amide bonds. The monoisotopic (exact) mass is 223 g/mol. The lowest BCUT2D eigenvalue weighted by Crippen LogP contribution is -2.30. The first kappa shape index (κ1) is 11.4. The van der Waals surface area contributed by atoms with Gasteiger partial charge in [-0.15, -0.1) is 0 Å². The van der Waals surface area contributed by atoms with E-state index in [2.05, 4.69) is 13.8 Å². The second kappa shape index (κ2) is 3.74. The van der Waals surface area contributed by atoms with E-state index in [0.717, 1.165) is 12.8 Å². The minimum absolute atomic E-state index is 0.0969. The fourth-order valence-electron chi connectivity index (χ4n) is 2.08. The van der Waals surface area contributed by atoms with Crippen LogP contribution in [0.15, 0.2) is 24.3 Å². The van der Waals surface area contributed by atoms with Crippen LogP contribution in [0, 0.1) is 11.2 Å². The molecule has 1 aromatic rings. The fraction of sp³-hybridized carbons (Fsp3) is 0.538. The van der Waals surface area contributed by atoms with Gasteiger partial charge in [-0.3, -0.25) is 0 Å². The molecule has 1 saturated carbocycles. The van der Waals surface area contributed by atoms with Gasteiger partial charge in [-0.25, -0.2) is 4.39 Å². The maximum atomic E-state index is 12.9. The van der Waals surface area contributed by atoms with Crippen LogP contribution < -0.4 is 10.5 Å². The van der Waals surface area contributed by atoms with Crippen molar-refractivity contribution in [2.45, 2.75) is 32.2 Å². The summed E-state index contributed by atoms with van der Waals surface area (Å²) >= 11 is 0. The van der Waals surface area contributed by atoms with E-state index in [0.29, 0.717) is 12.4 Å². The third kappa shape index (κ3) is 2.19. The van der Waals surface area contributed by atoms with Gasteiger partial charge in [0, 0.05) is 11.6 Å². The second-order valence-corrected chi connectivity index (χ2v) is 5.27. The first-order valence-corrected chi connectivity index (χ1v) is 5.60. The Morgan fingerprint density at radius 3 is 2.69 bits per heavy atom. The molecule has 3 heteroatoms. The average Bonchev–Trinajstić information content (AvgIpc) is 2.65. The molecule has 1 fully saturated rings. The van der Waals surface area contributed by atoms with Gasteiger partial charge in [0.2, 0.25) is 0 Å². The molecular formula is C13H18FNO. The summed E-state index contributed by atoms with van der Waals surface area (Å²) in [7, 11) is 0. The Morgan fingerprint density at radius 2 is 2.12 bits per heavy atom. The summed E-state index contributed by atoms with van der Waals surface area (Å²) < 4.78 is 18.3. The Morgan fingerprint density at radius 1 is 1.44 bits per heavy atom. The van der Waals surface area contributed by atoms with Crippen LogP contribution in [0.1, 0.15) is 26.7 Å². The summed E-state index contributed by atoms with van der Waals surface area (Å²) in [5.41, 5.74) is 6.29. The lowest BCUT2D eigenvalue weighted by Gasteiger charge is -2.15. The Labute approximate surface area is 95.6 Å². The van der Waals surface area contributed by atoms with Gasteiger partial charge in [0.05, 0.1) is 6.61 Å². The van der Waals surface area contributed by atoms with Gasteiger partial charge in [-0.2, -0.15) is 0 Å². The van der Waals surface area contributed by atoms with Crippen LogP contribution in [-0.2, 0) is 0 Å². The number of hydrogen-bond donors (Lipinski definition) is 1. The molecule has 1 atom stereocenters. The molecule has 2 N–H and O–H groups in total. The fourth-order valence-corrected chi connectivity index (χ4v) is 2.08. The van der Waals surface area contributed by atoms with Crippen molar-refractivity contribution < 1.29 is 9.13 Å². The number of ether oxygens (including phenoxy) is 1. The summed E-state index contributed by atoms with van der Waals surface area (Å²) in [6.45, 7) is 4.87. The summed E-state index contributed by atoms with van der Waals surface area (Å²) in [6.07, 6.45) is 1.85. The largest absolute Gasteiger partial charge is 0.493 e. The van der Waals surface area contributed by atoms with Crippen molar-refractivity contribution >= 4 is 0 Å². The number of benzene rings is 1. The predicted octanol–water partition coefficient (Wildman–Crippen LogP) is 2.72. The van der Waals surface area contributed by atoms with E-state index in [1.165, 1.54) is 12.1 Å². The van der Waals surface area contributed by atoms with E-state index in [1.807, 2.05) is 0 Å². The number of rotatable bonds is 4. The van der Waals surface area contributed by atoms with Gasteiger partial charge in [-0.1, -0.05) is 19.9 Å². The molecule has 1 aromatic carbocycles. The van der Waals surface area contributed by atoms with Crippen LogP contribution in [0.3, 0.4) is 0 Å². The second-order valence-electron chi connectivity index (χ2n) is 5.27. The van der Waals surface area contributed by atoms with Crippen LogP contribution in [0.4, 0.5) is 4.39 Å². The highest BCUT2D eigenvalue weighted by atomic mass is 19.1. The van der Waals surface area contributed by atoms with Crippen molar-refractivity contribution in [2.24, 2.45) is 11.1 Å². The van der Waals surface area contributed by atoms with Crippen LogP contribution in [0.2, 0.25) is 0 Å². The van der Waals surface area contributed by atoms with Crippen LogP contribution in [-0.4, -0.2) is 12.1 Å². The Balaban J connectivity index is 1.81. The van der Waals surface area contributed by atoms with Gasteiger partial charge < -0.3 is 10.5 Å². The summed E-state index contributed by atoms with van der Waals surface area (Å²) in [5.74, 6) is 0.300. The number of nitrogens with two attached hydrogens (primary N) is 1. The molecule has 0 bridgehead atoms. The zero-order valence-corrected chi connectivity index (χ0v) is 9.79. The quantitative estimate of drug-likeness (QED) is 0.851. The van der Waals surface area contributed by atoms with Crippen LogP contribution >= 0.6 is 0 Å². The van der Waals surface area contributed by atoms with Gasteiger partial charge >= 0.3 is 0 Å². The minimum atomic E-state index is -0.272. The average molecular weight is 223 g/mol. The van der Waals surface area contributed by atoms with Gasteiger partial charge in [0.25, 0.3) is 0 Å². The molecule has 16 heavy (non-hydrogen) atoms. The first-order valence-electron chi connectivity index (χ1n) is 5.60. The van der Waals surface area contributed by atoms with Crippen molar-refractivity contribution in [1.29, 1.82) is 0 Å². The molecular weight excluding hydrogens is 205 g/mol. The molecule has 0 spiro atoms. The maximum Gasteiger partial charge on any atom is 0.126 e. The molecule has 88 valence electrons. The SMILES string of the molecule is CC1(C)CC1(N)CCOc1cccc(F)c1. The minimum Gasteiger partial charge on any atom is -0.493 e. The van der Waals surface area contributed by atoms with E-state index in [9.17, 15) is 4.39 Å². The highest BCUT2D eigenvalue weighted by Crippen LogP contribution is 2.55. The molecule has 1 aliphatic rings. The van der Waals surface area contributed by atoms with Crippen LogP contribution in [0.5, 0.6) is 5.75 Å². The first-order chi connectivity index (χ1) is 7.43. The molecule has 0 saturated heterocycles. The normalized spacial score (nSPS) is 26.5. The molecule has 0 radical (unpaired) electrons. The highest BCUT2D eigenvalue weighted by molar-refractivity contribution is 5.22. The third-order valence-electron chi connectivity index (χ3n) is 3.59.